The van der Waals surface area contributed by atoms with E-state index >= 15 is 0 Å². The van der Waals surface area contributed by atoms with Gasteiger partial charge in [0.15, 0.2) is 5.41 Å². The molecule has 5 heteroatoms. The molecule has 0 bridgehead atoms. The predicted octanol–water partition coefficient (Wildman–Crippen LogP) is 2.43. The van der Waals surface area contributed by atoms with Crippen LogP contribution in [0.1, 0.15) is 41.5 Å². The van der Waals surface area contributed by atoms with Crippen molar-refractivity contribution in [2.75, 3.05) is 26.9 Å². The lowest BCUT2D eigenvalue weighted by atomic mass is 9.60. The number of esters is 2. The maximum absolute atomic E-state index is 12.5. The summed E-state index contributed by atoms with van der Waals surface area (Å²) in [5, 5.41) is 0. The van der Waals surface area contributed by atoms with Crippen molar-refractivity contribution in [3.8, 4) is 0 Å². The minimum absolute atomic E-state index is 0.0597. The third kappa shape index (κ3) is 3.32. The van der Waals surface area contributed by atoms with Gasteiger partial charge in [0.2, 0.25) is 0 Å². The molecule has 0 aliphatic carbocycles. The Balaban J connectivity index is 5.93. The van der Waals surface area contributed by atoms with E-state index in [0.717, 1.165) is 0 Å². The number of carbonyl (C=O) groups excluding carboxylic acids is 2. The first-order chi connectivity index (χ1) is 9.22. The molecule has 0 aromatic carbocycles. The van der Waals surface area contributed by atoms with E-state index in [-0.39, 0.29) is 25.7 Å². The SMILES string of the molecule is CCOC(=O)C(COC)(C(=O)OCC)C(C)(C)C(C)C. The van der Waals surface area contributed by atoms with Crippen LogP contribution < -0.4 is 0 Å². The Kier molecular flexibility index (Phi) is 7.20. The zero-order valence-electron chi connectivity index (χ0n) is 13.7. The first-order valence-corrected chi connectivity index (χ1v) is 7.05. The fourth-order valence-corrected chi connectivity index (χ4v) is 2.13. The summed E-state index contributed by atoms with van der Waals surface area (Å²) in [4.78, 5) is 25.0. The van der Waals surface area contributed by atoms with Crippen LogP contribution in [-0.2, 0) is 23.8 Å². The van der Waals surface area contributed by atoms with E-state index in [2.05, 4.69) is 0 Å². The molecule has 0 rings (SSSR count). The molecule has 0 unspecified atom stereocenters. The van der Waals surface area contributed by atoms with Gasteiger partial charge < -0.3 is 14.2 Å². The van der Waals surface area contributed by atoms with Crippen LogP contribution in [0.2, 0.25) is 0 Å². The molecule has 0 aliphatic rings. The molecule has 0 aromatic heterocycles. The standard InChI is InChI=1S/C15H28O5/c1-8-19-12(16)15(10-18-7,13(17)20-9-2)14(5,6)11(3)4/h11H,8-10H2,1-7H3. The molecule has 20 heavy (non-hydrogen) atoms. The lowest BCUT2D eigenvalue weighted by molar-refractivity contribution is -0.191. The average molecular weight is 288 g/mol. The average Bonchev–Trinajstić information content (AvgIpc) is 2.35. The number of carbonyl (C=O) groups is 2. The minimum Gasteiger partial charge on any atom is -0.465 e. The topological polar surface area (TPSA) is 61.8 Å². The Labute approximate surface area is 122 Å². The molecule has 0 aromatic rings. The van der Waals surface area contributed by atoms with Crippen LogP contribution in [-0.4, -0.2) is 38.9 Å². The van der Waals surface area contributed by atoms with Crippen molar-refractivity contribution in [1.29, 1.82) is 0 Å². The summed E-state index contributed by atoms with van der Waals surface area (Å²) in [6.07, 6.45) is 0. The van der Waals surface area contributed by atoms with Gasteiger partial charge in [-0.25, -0.2) is 0 Å². The van der Waals surface area contributed by atoms with Crippen molar-refractivity contribution in [3.05, 3.63) is 0 Å². The van der Waals surface area contributed by atoms with Crippen LogP contribution in [0, 0.1) is 16.7 Å². The van der Waals surface area contributed by atoms with E-state index in [0.29, 0.717) is 0 Å². The molecule has 0 radical (unpaired) electrons. The summed E-state index contributed by atoms with van der Waals surface area (Å²) < 4.78 is 15.5. The summed E-state index contributed by atoms with van der Waals surface area (Å²) in [5.41, 5.74) is -2.12. The van der Waals surface area contributed by atoms with E-state index in [1.807, 2.05) is 27.7 Å². The fraction of sp³-hybridized carbons (Fsp3) is 0.867. The molecule has 0 spiro atoms. The summed E-state index contributed by atoms with van der Waals surface area (Å²) in [6, 6.07) is 0. The molecule has 0 heterocycles. The molecule has 0 aliphatic heterocycles. The Morgan fingerprint density at radius 3 is 1.65 bits per heavy atom. The Morgan fingerprint density at radius 2 is 1.40 bits per heavy atom. The summed E-state index contributed by atoms with van der Waals surface area (Å²) in [5.74, 6) is -1.11. The molecular weight excluding hydrogens is 260 g/mol. The number of hydrogen-bond acceptors (Lipinski definition) is 5. The van der Waals surface area contributed by atoms with Crippen molar-refractivity contribution in [3.63, 3.8) is 0 Å². The summed E-state index contributed by atoms with van der Waals surface area (Å²) >= 11 is 0. The Bertz CT molecular complexity index is 315. The van der Waals surface area contributed by atoms with Gasteiger partial charge in [-0.3, -0.25) is 9.59 Å². The third-order valence-corrected chi connectivity index (χ3v) is 4.15. The van der Waals surface area contributed by atoms with Crippen molar-refractivity contribution in [1.82, 2.24) is 0 Å². The molecular formula is C15H28O5. The van der Waals surface area contributed by atoms with E-state index < -0.39 is 22.8 Å². The highest BCUT2D eigenvalue weighted by atomic mass is 16.6. The Morgan fingerprint density at radius 1 is 1.00 bits per heavy atom. The van der Waals surface area contributed by atoms with Gasteiger partial charge in [-0.2, -0.15) is 0 Å². The lowest BCUT2D eigenvalue weighted by Crippen LogP contribution is -2.57. The van der Waals surface area contributed by atoms with E-state index in [1.54, 1.807) is 13.8 Å². The number of hydrogen-bond donors (Lipinski definition) is 0. The fourth-order valence-electron chi connectivity index (χ4n) is 2.13. The zero-order chi connectivity index (χ0) is 16.0. The highest BCUT2D eigenvalue weighted by Gasteiger charge is 2.60. The van der Waals surface area contributed by atoms with Crippen molar-refractivity contribution >= 4 is 11.9 Å². The van der Waals surface area contributed by atoms with Gasteiger partial charge in [0.05, 0.1) is 19.8 Å². The monoisotopic (exact) mass is 288 g/mol. The van der Waals surface area contributed by atoms with Gasteiger partial charge in [-0.1, -0.05) is 27.7 Å². The number of methoxy groups -OCH3 is 1. The normalized spacial score (nSPS) is 12.4. The van der Waals surface area contributed by atoms with E-state index in [1.165, 1.54) is 7.11 Å². The second-order valence-corrected chi connectivity index (χ2v) is 5.66. The summed E-state index contributed by atoms with van der Waals surface area (Å²) in [6.45, 7) is 11.4. The zero-order valence-corrected chi connectivity index (χ0v) is 13.7. The van der Waals surface area contributed by atoms with Gasteiger partial charge >= 0.3 is 11.9 Å². The smallest absolute Gasteiger partial charge is 0.326 e. The van der Waals surface area contributed by atoms with Crippen molar-refractivity contribution in [2.24, 2.45) is 16.7 Å². The van der Waals surface area contributed by atoms with Crippen LogP contribution in [0.3, 0.4) is 0 Å². The van der Waals surface area contributed by atoms with E-state index in [4.69, 9.17) is 14.2 Å². The maximum Gasteiger partial charge on any atom is 0.326 e. The molecule has 0 atom stereocenters. The highest BCUT2D eigenvalue weighted by Crippen LogP contribution is 2.47. The quantitative estimate of drug-likeness (QED) is 0.507. The molecule has 118 valence electrons. The highest BCUT2D eigenvalue weighted by molar-refractivity contribution is 6.01. The van der Waals surface area contributed by atoms with Gasteiger partial charge in [0.25, 0.3) is 0 Å². The third-order valence-electron chi connectivity index (χ3n) is 4.15. The van der Waals surface area contributed by atoms with Gasteiger partial charge in [0, 0.05) is 7.11 Å². The van der Waals surface area contributed by atoms with Gasteiger partial charge in [-0.05, 0) is 25.2 Å². The first-order valence-electron chi connectivity index (χ1n) is 7.05. The first kappa shape index (κ1) is 18.9. The molecule has 5 nitrogen and oxygen atoms in total. The van der Waals surface area contributed by atoms with Crippen LogP contribution in [0.15, 0.2) is 0 Å². The van der Waals surface area contributed by atoms with Crippen LogP contribution in [0.4, 0.5) is 0 Å². The second-order valence-electron chi connectivity index (χ2n) is 5.66. The maximum atomic E-state index is 12.5. The molecule has 0 saturated carbocycles. The second kappa shape index (κ2) is 7.62. The van der Waals surface area contributed by atoms with Crippen LogP contribution in [0.5, 0.6) is 0 Å². The van der Waals surface area contributed by atoms with Crippen LogP contribution >= 0.6 is 0 Å². The van der Waals surface area contributed by atoms with Gasteiger partial charge in [0.1, 0.15) is 0 Å². The number of rotatable bonds is 8. The van der Waals surface area contributed by atoms with Crippen molar-refractivity contribution in [2.45, 2.75) is 41.5 Å². The largest absolute Gasteiger partial charge is 0.465 e. The molecule has 0 fully saturated rings. The Hall–Kier alpha value is -1.10. The lowest BCUT2D eigenvalue weighted by Gasteiger charge is -2.44. The molecule has 0 saturated heterocycles. The molecule has 0 amide bonds. The van der Waals surface area contributed by atoms with E-state index in [9.17, 15) is 9.59 Å². The predicted molar refractivity (Wildman–Crippen MR) is 76.2 cm³/mol. The van der Waals surface area contributed by atoms with Gasteiger partial charge in [-0.15, -0.1) is 0 Å². The van der Waals surface area contributed by atoms with Crippen LogP contribution in [0.25, 0.3) is 0 Å². The molecule has 0 N–H and O–H groups in total. The van der Waals surface area contributed by atoms with Crippen molar-refractivity contribution < 1.29 is 23.8 Å². The minimum atomic E-state index is -1.46. The number of ether oxygens (including phenoxy) is 3. The summed E-state index contributed by atoms with van der Waals surface area (Å²) in [7, 11) is 1.46.